The van der Waals surface area contributed by atoms with Gasteiger partial charge < -0.3 is 19.8 Å². The fourth-order valence-corrected chi connectivity index (χ4v) is 3.73. The van der Waals surface area contributed by atoms with Gasteiger partial charge >= 0.3 is 0 Å². The highest BCUT2D eigenvalue weighted by Crippen LogP contribution is 2.33. The number of carbonyl (C=O) groups is 1. The molecule has 1 aromatic heterocycles. The molecule has 5 nitrogen and oxygen atoms in total. The van der Waals surface area contributed by atoms with E-state index in [1.807, 2.05) is 54.6 Å². The van der Waals surface area contributed by atoms with Crippen LogP contribution in [0.1, 0.15) is 22.0 Å². The zero-order chi connectivity index (χ0) is 21.1. The highest BCUT2D eigenvalue weighted by Gasteiger charge is 2.26. The number of hydrogen-bond acceptors (Lipinski definition) is 4. The maximum Gasteiger partial charge on any atom is 0.191 e. The van der Waals surface area contributed by atoms with Gasteiger partial charge in [-0.1, -0.05) is 48.0 Å². The lowest BCUT2D eigenvalue weighted by Crippen LogP contribution is -2.21. The maximum atomic E-state index is 13.7. The Morgan fingerprint density at radius 2 is 1.63 bits per heavy atom. The lowest BCUT2D eigenvalue weighted by Gasteiger charge is -2.21. The molecule has 3 aromatic carbocycles. The number of Topliss-reactive ketones (excluding diaryl/α,β-unsaturated/α-hetero) is 1. The first-order valence-corrected chi connectivity index (χ1v) is 9.83. The Balaban J connectivity index is 1.80. The van der Waals surface area contributed by atoms with Crippen molar-refractivity contribution in [1.29, 1.82) is 0 Å². The molecular formula is C24H21ClN2O3. The summed E-state index contributed by atoms with van der Waals surface area (Å²) >= 11 is 6.48. The third-order valence-electron chi connectivity index (χ3n) is 5.00. The molecule has 0 aliphatic heterocycles. The Bertz CT molecular complexity index is 1180. The molecule has 0 bridgehead atoms. The topological polar surface area (TPSA) is 63.3 Å². The van der Waals surface area contributed by atoms with E-state index in [2.05, 4.69) is 10.3 Å². The van der Waals surface area contributed by atoms with Crippen molar-refractivity contribution in [2.24, 2.45) is 0 Å². The van der Waals surface area contributed by atoms with E-state index in [4.69, 9.17) is 21.1 Å². The van der Waals surface area contributed by atoms with E-state index < -0.39 is 6.04 Å². The van der Waals surface area contributed by atoms with Crippen LogP contribution in [-0.2, 0) is 0 Å². The number of benzene rings is 3. The van der Waals surface area contributed by atoms with Crippen LogP contribution in [0.5, 0.6) is 11.5 Å². The highest BCUT2D eigenvalue weighted by atomic mass is 35.5. The van der Waals surface area contributed by atoms with Gasteiger partial charge in [0.25, 0.3) is 0 Å². The summed E-state index contributed by atoms with van der Waals surface area (Å²) in [7, 11) is 3.17. The second-order valence-corrected chi connectivity index (χ2v) is 7.22. The Labute approximate surface area is 179 Å². The Hall–Kier alpha value is -3.44. The molecule has 0 aliphatic carbocycles. The SMILES string of the molecule is COc1cc(NC(C(=O)c2c[nH]c3ccccc23)c2ccccc2Cl)cc(OC)c1. The number of carbonyl (C=O) groups excluding carboxylic acids is 1. The van der Waals surface area contributed by atoms with Crippen molar-refractivity contribution >= 4 is 34.0 Å². The smallest absolute Gasteiger partial charge is 0.191 e. The fourth-order valence-electron chi connectivity index (χ4n) is 3.48. The molecule has 4 rings (SSSR count). The van der Waals surface area contributed by atoms with Gasteiger partial charge in [-0.25, -0.2) is 0 Å². The zero-order valence-electron chi connectivity index (χ0n) is 16.6. The van der Waals surface area contributed by atoms with Crippen LogP contribution in [-0.4, -0.2) is 25.0 Å². The van der Waals surface area contributed by atoms with Crippen molar-refractivity contribution in [3.8, 4) is 11.5 Å². The van der Waals surface area contributed by atoms with Crippen molar-refractivity contribution in [2.75, 3.05) is 19.5 Å². The molecule has 0 fully saturated rings. The van der Waals surface area contributed by atoms with E-state index in [9.17, 15) is 4.79 Å². The van der Waals surface area contributed by atoms with E-state index in [-0.39, 0.29) is 5.78 Å². The number of ketones is 1. The molecule has 0 amide bonds. The molecular weight excluding hydrogens is 400 g/mol. The van der Waals surface area contributed by atoms with Crippen LogP contribution in [0.2, 0.25) is 5.02 Å². The standard InChI is InChI=1S/C24H21ClN2O3/c1-29-16-11-15(12-17(13-16)30-2)27-23(19-8-3-5-9-21(19)25)24(28)20-14-26-22-10-6-4-7-18(20)22/h3-14,23,26-27H,1-2H3. The number of anilines is 1. The molecule has 6 heteroatoms. The fraction of sp³-hybridized carbons (Fsp3) is 0.125. The summed E-state index contributed by atoms with van der Waals surface area (Å²) in [5.41, 5.74) is 2.88. The molecule has 2 N–H and O–H groups in total. The lowest BCUT2D eigenvalue weighted by atomic mass is 9.96. The predicted octanol–water partition coefficient (Wildman–Crippen LogP) is 5.87. The van der Waals surface area contributed by atoms with Gasteiger partial charge in [0.05, 0.1) is 14.2 Å². The van der Waals surface area contributed by atoms with E-state index in [1.54, 1.807) is 32.5 Å². The van der Waals surface area contributed by atoms with E-state index in [1.165, 1.54) is 0 Å². The number of ether oxygens (including phenoxy) is 2. The van der Waals surface area contributed by atoms with Crippen LogP contribution in [0.15, 0.2) is 72.9 Å². The summed E-state index contributed by atoms with van der Waals surface area (Å²) in [5, 5.41) is 4.71. The van der Waals surface area contributed by atoms with E-state index in [0.29, 0.717) is 33.3 Å². The average molecular weight is 421 g/mol. The van der Waals surface area contributed by atoms with Crippen LogP contribution >= 0.6 is 11.6 Å². The normalized spacial score (nSPS) is 11.8. The largest absolute Gasteiger partial charge is 0.497 e. The monoisotopic (exact) mass is 420 g/mol. The number of H-pyrrole nitrogens is 1. The Kier molecular flexibility index (Phi) is 5.63. The van der Waals surface area contributed by atoms with Gasteiger partial charge in [-0.15, -0.1) is 0 Å². The molecule has 4 aromatic rings. The molecule has 1 heterocycles. The second kappa shape index (κ2) is 8.51. The maximum absolute atomic E-state index is 13.7. The van der Waals surface area contributed by atoms with Crippen LogP contribution in [0.25, 0.3) is 10.9 Å². The summed E-state index contributed by atoms with van der Waals surface area (Å²) in [6.07, 6.45) is 1.74. The van der Waals surface area contributed by atoms with Gasteiger partial charge in [-0.2, -0.15) is 0 Å². The van der Waals surface area contributed by atoms with Gasteiger partial charge in [0.15, 0.2) is 5.78 Å². The number of para-hydroxylation sites is 1. The summed E-state index contributed by atoms with van der Waals surface area (Å²) in [4.78, 5) is 16.9. The van der Waals surface area contributed by atoms with Gasteiger partial charge in [0.1, 0.15) is 17.5 Å². The quantitative estimate of drug-likeness (QED) is 0.367. The van der Waals surface area contributed by atoms with Crippen molar-refractivity contribution in [2.45, 2.75) is 6.04 Å². The minimum absolute atomic E-state index is 0.0951. The Morgan fingerprint density at radius 3 is 2.33 bits per heavy atom. The molecule has 0 saturated heterocycles. The third kappa shape index (κ3) is 3.84. The van der Waals surface area contributed by atoms with E-state index in [0.717, 1.165) is 10.9 Å². The van der Waals surface area contributed by atoms with Crippen molar-refractivity contribution in [1.82, 2.24) is 4.98 Å². The first-order valence-electron chi connectivity index (χ1n) is 9.45. The summed E-state index contributed by atoms with van der Waals surface area (Å²) < 4.78 is 10.7. The molecule has 1 unspecified atom stereocenters. The van der Waals surface area contributed by atoms with Gasteiger partial charge in [0, 0.05) is 57.1 Å². The zero-order valence-corrected chi connectivity index (χ0v) is 17.4. The predicted molar refractivity (Wildman–Crippen MR) is 120 cm³/mol. The number of halogens is 1. The number of fused-ring (bicyclic) bond motifs is 1. The molecule has 1 atom stereocenters. The first kappa shape index (κ1) is 19.9. The lowest BCUT2D eigenvalue weighted by molar-refractivity contribution is 0.0971. The second-order valence-electron chi connectivity index (χ2n) is 6.81. The van der Waals surface area contributed by atoms with Gasteiger partial charge in [-0.05, 0) is 12.1 Å². The third-order valence-corrected chi connectivity index (χ3v) is 5.34. The van der Waals surface area contributed by atoms with Gasteiger partial charge in [0.2, 0.25) is 0 Å². The molecule has 0 saturated carbocycles. The van der Waals surface area contributed by atoms with E-state index >= 15 is 0 Å². The van der Waals surface area contributed by atoms with Crippen molar-refractivity contribution in [3.63, 3.8) is 0 Å². The molecule has 0 aliphatic rings. The van der Waals surface area contributed by atoms with Crippen LogP contribution in [0.4, 0.5) is 5.69 Å². The van der Waals surface area contributed by atoms with Crippen molar-refractivity contribution in [3.05, 3.63) is 89.1 Å². The molecule has 0 radical (unpaired) electrons. The van der Waals surface area contributed by atoms with Crippen molar-refractivity contribution < 1.29 is 14.3 Å². The Morgan fingerprint density at radius 1 is 0.967 bits per heavy atom. The summed E-state index contributed by atoms with van der Waals surface area (Å²) in [5.74, 6) is 1.14. The number of methoxy groups -OCH3 is 2. The number of aromatic nitrogens is 1. The molecule has 30 heavy (non-hydrogen) atoms. The number of aromatic amines is 1. The van der Waals surface area contributed by atoms with Gasteiger partial charge in [-0.3, -0.25) is 4.79 Å². The van der Waals surface area contributed by atoms with Crippen LogP contribution in [0, 0.1) is 0 Å². The minimum atomic E-state index is -0.699. The average Bonchev–Trinajstić information content (AvgIpc) is 3.21. The first-order chi connectivity index (χ1) is 14.6. The minimum Gasteiger partial charge on any atom is -0.497 e. The molecule has 0 spiro atoms. The summed E-state index contributed by atoms with van der Waals surface area (Å²) in [6, 6.07) is 19.8. The van der Waals surface area contributed by atoms with Crippen LogP contribution in [0.3, 0.4) is 0 Å². The highest BCUT2D eigenvalue weighted by molar-refractivity contribution is 6.32. The van der Waals surface area contributed by atoms with Crippen LogP contribution < -0.4 is 14.8 Å². The summed E-state index contributed by atoms with van der Waals surface area (Å²) in [6.45, 7) is 0. The number of hydrogen-bond donors (Lipinski definition) is 2. The number of nitrogens with one attached hydrogen (secondary N) is 2. The molecule has 152 valence electrons. The number of rotatable bonds is 7.